The number of allylic oxidation sites excluding steroid dienone is 2. The van der Waals surface area contributed by atoms with Gasteiger partial charge in [-0.25, -0.2) is 0 Å². The van der Waals surface area contributed by atoms with E-state index in [0.717, 1.165) is 12.3 Å². The second-order valence-electron chi connectivity index (χ2n) is 3.34. The Morgan fingerprint density at radius 3 is 3.09 bits per heavy atom. The van der Waals surface area contributed by atoms with E-state index in [4.69, 9.17) is 5.11 Å². The van der Waals surface area contributed by atoms with Gasteiger partial charge in [0.05, 0.1) is 0 Å². The summed E-state index contributed by atoms with van der Waals surface area (Å²) >= 11 is 0. The van der Waals surface area contributed by atoms with Crippen molar-refractivity contribution in [1.82, 2.24) is 0 Å². The highest BCUT2D eigenvalue weighted by atomic mass is 16.2. The smallest absolute Gasteiger partial charge is 0.0431 e. The lowest BCUT2D eigenvalue weighted by Gasteiger charge is -2.08. The van der Waals surface area contributed by atoms with Crippen LogP contribution >= 0.6 is 0 Å². The van der Waals surface area contributed by atoms with Crippen LogP contribution in [0.4, 0.5) is 0 Å². The van der Waals surface area contributed by atoms with Gasteiger partial charge in [-0.05, 0) is 38.0 Å². The number of rotatable bonds is 3. The molecule has 0 aromatic carbocycles. The first-order chi connectivity index (χ1) is 5.43. The molecule has 0 aromatic heterocycles. The van der Waals surface area contributed by atoms with Gasteiger partial charge < -0.3 is 5.11 Å². The van der Waals surface area contributed by atoms with Crippen LogP contribution in [0.3, 0.4) is 0 Å². The van der Waals surface area contributed by atoms with E-state index in [1.54, 1.807) is 0 Å². The van der Waals surface area contributed by atoms with Crippen LogP contribution in [0.2, 0.25) is 0 Å². The number of aliphatic hydroxyl groups is 1. The first-order valence-corrected chi connectivity index (χ1v) is 4.71. The normalized spacial score (nSPS) is 25.0. The molecule has 0 saturated carbocycles. The fourth-order valence-corrected chi connectivity index (χ4v) is 1.65. The zero-order valence-corrected chi connectivity index (χ0v) is 7.13. The predicted octanol–water partition coefficient (Wildman–Crippen LogP) is 2.51. The Labute approximate surface area is 69.1 Å². The lowest BCUT2D eigenvalue weighted by atomic mass is 9.98. The molecule has 1 atom stereocenters. The van der Waals surface area contributed by atoms with Gasteiger partial charge in [0.15, 0.2) is 0 Å². The molecule has 0 radical (unpaired) electrons. The van der Waals surface area contributed by atoms with Crippen molar-refractivity contribution in [2.75, 3.05) is 6.61 Å². The minimum Gasteiger partial charge on any atom is -0.396 e. The average molecular weight is 154 g/mol. The molecule has 0 fully saturated rings. The van der Waals surface area contributed by atoms with Crippen molar-refractivity contribution in [3.63, 3.8) is 0 Å². The summed E-state index contributed by atoms with van der Waals surface area (Å²) < 4.78 is 0. The maximum atomic E-state index is 8.64. The molecule has 1 aliphatic rings. The van der Waals surface area contributed by atoms with E-state index in [0.29, 0.717) is 6.61 Å². The van der Waals surface area contributed by atoms with Crippen LogP contribution < -0.4 is 0 Å². The van der Waals surface area contributed by atoms with Crippen molar-refractivity contribution in [3.05, 3.63) is 12.2 Å². The fraction of sp³-hybridized carbons (Fsp3) is 0.800. The van der Waals surface area contributed by atoms with E-state index in [-0.39, 0.29) is 0 Å². The molecule has 1 aliphatic carbocycles. The van der Waals surface area contributed by atoms with Gasteiger partial charge in [-0.15, -0.1) is 0 Å². The highest BCUT2D eigenvalue weighted by molar-refractivity contribution is 4.90. The van der Waals surface area contributed by atoms with Crippen molar-refractivity contribution in [3.8, 4) is 0 Å². The van der Waals surface area contributed by atoms with Crippen LogP contribution in [-0.4, -0.2) is 11.7 Å². The number of hydrogen-bond donors (Lipinski definition) is 1. The summed E-state index contributed by atoms with van der Waals surface area (Å²) in [5.74, 6) is 0.754. The Morgan fingerprint density at radius 1 is 1.36 bits per heavy atom. The van der Waals surface area contributed by atoms with Gasteiger partial charge in [0.2, 0.25) is 0 Å². The van der Waals surface area contributed by atoms with Gasteiger partial charge in [0.1, 0.15) is 0 Å². The summed E-state index contributed by atoms with van der Waals surface area (Å²) in [7, 11) is 0. The molecular weight excluding hydrogens is 136 g/mol. The molecule has 0 aliphatic heterocycles. The molecule has 1 heteroatoms. The number of hydrogen-bond acceptors (Lipinski definition) is 1. The molecule has 1 N–H and O–H groups in total. The second-order valence-corrected chi connectivity index (χ2v) is 3.34. The Morgan fingerprint density at radius 2 is 2.27 bits per heavy atom. The molecule has 0 aromatic rings. The summed E-state index contributed by atoms with van der Waals surface area (Å²) in [5.41, 5.74) is 0. The van der Waals surface area contributed by atoms with Crippen molar-refractivity contribution >= 4 is 0 Å². The van der Waals surface area contributed by atoms with E-state index in [9.17, 15) is 0 Å². The third-order valence-corrected chi connectivity index (χ3v) is 2.34. The summed E-state index contributed by atoms with van der Waals surface area (Å²) in [6.07, 6.45) is 12.1. The van der Waals surface area contributed by atoms with Gasteiger partial charge in [0.25, 0.3) is 0 Å². The highest BCUT2D eigenvalue weighted by Gasteiger charge is 2.05. The predicted molar refractivity (Wildman–Crippen MR) is 47.4 cm³/mol. The molecule has 0 unspecified atom stereocenters. The van der Waals surface area contributed by atoms with Crippen LogP contribution in [0.15, 0.2) is 12.2 Å². The van der Waals surface area contributed by atoms with E-state index >= 15 is 0 Å². The minimum absolute atomic E-state index is 0.352. The maximum Gasteiger partial charge on any atom is 0.0431 e. The molecular formula is C10H18O. The monoisotopic (exact) mass is 154 g/mol. The summed E-state index contributed by atoms with van der Waals surface area (Å²) in [6, 6.07) is 0. The highest BCUT2D eigenvalue weighted by Crippen LogP contribution is 2.20. The van der Waals surface area contributed by atoms with Gasteiger partial charge in [-0.2, -0.15) is 0 Å². The van der Waals surface area contributed by atoms with E-state index in [1.807, 2.05) is 0 Å². The van der Waals surface area contributed by atoms with Gasteiger partial charge in [-0.3, -0.25) is 0 Å². The number of aliphatic hydroxyl groups excluding tert-OH is 1. The second kappa shape index (κ2) is 5.36. The molecule has 0 heterocycles. The summed E-state index contributed by atoms with van der Waals surface area (Å²) in [6.45, 7) is 0.352. The SMILES string of the molecule is OCCC[C@H]1C=CCCCC1. The molecule has 11 heavy (non-hydrogen) atoms. The summed E-state index contributed by atoms with van der Waals surface area (Å²) in [4.78, 5) is 0. The molecule has 0 spiro atoms. The summed E-state index contributed by atoms with van der Waals surface area (Å²) in [5, 5.41) is 8.64. The van der Waals surface area contributed by atoms with Crippen LogP contribution in [0.25, 0.3) is 0 Å². The van der Waals surface area contributed by atoms with Crippen molar-refractivity contribution in [2.45, 2.75) is 38.5 Å². The van der Waals surface area contributed by atoms with E-state index < -0.39 is 0 Å². The molecule has 64 valence electrons. The quantitative estimate of drug-likeness (QED) is 0.619. The third-order valence-electron chi connectivity index (χ3n) is 2.34. The van der Waals surface area contributed by atoms with Crippen molar-refractivity contribution in [2.24, 2.45) is 5.92 Å². The van der Waals surface area contributed by atoms with Crippen molar-refractivity contribution < 1.29 is 5.11 Å². The van der Waals surface area contributed by atoms with Crippen LogP contribution in [0, 0.1) is 5.92 Å². The molecule has 1 rings (SSSR count). The van der Waals surface area contributed by atoms with Gasteiger partial charge in [0, 0.05) is 6.61 Å². The van der Waals surface area contributed by atoms with Gasteiger partial charge in [-0.1, -0.05) is 18.6 Å². The molecule has 0 saturated heterocycles. The van der Waals surface area contributed by atoms with Crippen LogP contribution in [-0.2, 0) is 0 Å². The lowest BCUT2D eigenvalue weighted by Crippen LogP contribution is -1.96. The molecule has 0 bridgehead atoms. The first-order valence-electron chi connectivity index (χ1n) is 4.71. The third kappa shape index (κ3) is 3.57. The molecule has 0 amide bonds. The zero-order valence-electron chi connectivity index (χ0n) is 7.13. The average Bonchev–Trinajstić information content (AvgIpc) is 2.28. The lowest BCUT2D eigenvalue weighted by molar-refractivity contribution is 0.275. The van der Waals surface area contributed by atoms with Crippen LogP contribution in [0.1, 0.15) is 38.5 Å². The minimum atomic E-state index is 0.352. The first kappa shape index (κ1) is 8.79. The van der Waals surface area contributed by atoms with E-state index in [1.165, 1.54) is 32.1 Å². The standard InChI is InChI=1S/C10H18O/c11-9-5-8-10-6-3-1-2-4-7-10/h3,6,10-11H,1-2,4-5,7-9H2/t10-/m0/s1. The Kier molecular flexibility index (Phi) is 4.29. The van der Waals surface area contributed by atoms with Crippen LogP contribution in [0.5, 0.6) is 0 Å². The van der Waals surface area contributed by atoms with Crippen molar-refractivity contribution in [1.29, 1.82) is 0 Å². The Bertz CT molecular complexity index is 118. The van der Waals surface area contributed by atoms with E-state index in [2.05, 4.69) is 12.2 Å². The molecule has 1 nitrogen and oxygen atoms in total. The zero-order chi connectivity index (χ0) is 7.94. The fourth-order valence-electron chi connectivity index (χ4n) is 1.65. The largest absolute Gasteiger partial charge is 0.396 e. The topological polar surface area (TPSA) is 20.2 Å². The Hall–Kier alpha value is -0.300. The Balaban J connectivity index is 2.19. The maximum absolute atomic E-state index is 8.64. The van der Waals surface area contributed by atoms with Gasteiger partial charge >= 0.3 is 0 Å².